The van der Waals surface area contributed by atoms with E-state index in [-0.39, 0.29) is 0 Å². The lowest BCUT2D eigenvalue weighted by molar-refractivity contribution is 0.317. The Bertz CT molecular complexity index is 318. The molecule has 0 spiro atoms. The molecule has 2 heteroatoms. The second-order valence-corrected chi connectivity index (χ2v) is 4.83. The molecule has 1 fully saturated rings. The molecule has 0 radical (unpaired) electrons. The molecule has 0 heterocycles. The maximum absolute atomic E-state index is 5.69. The maximum Gasteiger partial charge on any atom is 0.0343 e. The lowest BCUT2D eigenvalue weighted by Crippen LogP contribution is -2.31. The molecule has 1 saturated carbocycles. The Morgan fingerprint density at radius 3 is 2.56 bits per heavy atom. The van der Waals surface area contributed by atoms with Crippen molar-refractivity contribution in [1.29, 1.82) is 0 Å². The van der Waals surface area contributed by atoms with Gasteiger partial charge in [0.25, 0.3) is 0 Å². The average Bonchev–Trinajstić information content (AvgIpc) is 2.33. The highest BCUT2D eigenvalue weighted by molar-refractivity contribution is 5.51. The average molecular weight is 218 g/mol. The van der Waals surface area contributed by atoms with E-state index in [1.807, 2.05) is 12.1 Å². The van der Waals surface area contributed by atoms with Crippen LogP contribution in [0.1, 0.15) is 39.0 Å². The number of hydrogen-bond donors (Lipinski definition) is 2. The van der Waals surface area contributed by atoms with Crippen molar-refractivity contribution in [3.63, 3.8) is 0 Å². The first kappa shape index (κ1) is 11.3. The minimum atomic E-state index is 0.655. The van der Waals surface area contributed by atoms with Crippen LogP contribution in [0.25, 0.3) is 0 Å². The first-order valence-corrected chi connectivity index (χ1v) is 6.41. The van der Waals surface area contributed by atoms with Crippen LogP contribution in [0.3, 0.4) is 0 Å². The van der Waals surface area contributed by atoms with Crippen LogP contribution in [0, 0.1) is 5.92 Å². The predicted octanol–water partition coefficient (Wildman–Crippen LogP) is 3.65. The highest BCUT2D eigenvalue weighted by Gasteiger charge is 2.23. The van der Waals surface area contributed by atoms with Crippen molar-refractivity contribution in [2.24, 2.45) is 5.92 Å². The normalized spacial score (nSPS) is 25.3. The quantitative estimate of drug-likeness (QED) is 0.760. The summed E-state index contributed by atoms with van der Waals surface area (Å²) in [5.74, 6) is 0.839. The Balaban J connectivity index is 1.99. The van der Waals surface area contributed by atoms with Crippen molar-refractivity contribution >= 4 is 11.4 Å². The van der Waals surface area contributed by atoms with Crippen molar-refractivity contribution in [1.82, 2.24) is 0 Å². The molecule has 3 N–H and O–H groups in total. The van der Waals surface area contributed by atoms with Gasteiger partial charge in [-0.3, -0.25) is 0 Å². The number of nitrogens with two attached hydrogens (primary N) is 1. The Hall–Kier alpha value is -1.18. The zero-order valence-corrected chi connectivity index (χ0v) is 10.1. The molecule has 16 heavy (non-hydrogen) atoms. The van der Waals surface area contributed by atoms with Crippen LogP contribution in [0.5, 0.6) is 0 Å². The van der Waals surface area contributed by atoms with E-state index in [0.717, 1.165) is 11.6 Å². The Morgan fingerprint density at radius 2 is 1.88 bits per heavy atom. The lowest BCUT2D eigenvalue weighted by atomic mass is 9.83. The summed E-state index contributed by atoms with van der Waals surface area (Å²) >= 11 is 0. The summed E-state index contributed by atoms with van der Waals surface area (Å²) in [7, 11) is 0. The van der Waals surface area contributed by atoms with Gasteiger partial charge in [0.1, 0.15) is 0 Å². The second kappa shape index (κ2) is 5.24. The van der Waals surface area contributed by atoms with E-state index in [0.29, 0.717) is 6.04 Å². The fourth-order valence-corrected chi connectivity index (χ4v) is 2.68. The molecular formula is C14H22N2. The van der Waals surface area contributed by atoms with Crippen LogP contribution in [-0.2, 0) is 0 Å². The van der Waals surface area contributed by atoms with Gasteiger partial charge in [0, 0.05) is 17.4 Å². The molecule has 2 rings (SSSR count). The molecule has 0 amide bonds. The second-order valence-electron chi connectivity index (χ2n) is 4.83. The number of nitrogen functional groups attached to an aromatic ring is 1. The van der Waals surface area contributed by atoms with Crippen molar-refractivity contribution < 1.29 is 0 Å². The number of hydrogen-bond acceptors (Lipinski definition) is 2. The molecule has 0 saturated heterocycles. The van der Waals surface area contributed by atoms with Crippen molar-refractivity contribution in [3.8, 4) is 0 Å². The van der Waals surface area contributed by atoms with Gasteiger partial charge in [-0.1, -0.05) is 26.2 Å². The van der Waals surface area contributed by atoms with Gasteiger partial charge in [-0.25, -0.2) is 0 Å². The van der Waals surface area contributed by atoms with Crippen LogP contribution in [0.2, 0.25) is 0 Å². The molecule has 1 aliphatic rings. The van der Waals surface area contributed by atoms with E-state index in [1.165, 1.54) is 37.8 Å². The van der Waals surface area contributed by atoms with Crippen LogP contribution in [0.4, 0.5) is 11.4 Å². The Kier molecular flexibility index (Phi) is 3.70. The van der Waals surface area contributed by atoms with Crippen molar-refractivity contribution in [2.75, 3.05) is 11.1 Å². The molecule has 0 bridgehead atoms. The summed E-state index contributed by atoms with van der Waals surface area (Å²) in [4.78, 5) is 0. The SMILES string of the molecule is CCC1CCCCC1Nc1ccc(N)cc1. The van der Waals surface area contributed by atoms with Crippen molar-refractivity contribution in [2.45, 2.75) is 45.1 Å². The first-order chi connectivity index (χ1) is 7.79. The van der Waals surface area contributed by atoms with Gasteiger partial charge in [-0.15, -0.1) is 0 Å². The number of nitrogens with one attached hydrogen (secondary N) is 1. The molecule has 2 atom stereocenters. The number of anilines is 2. The summed E-state index contributed by atoms with van der Waals surface area (Å²) < 4.78 is 0. The van der Waals surface area contributed by atoms with Crippen LogP contribution in [0.15, 0.2) is 24.3 Å². The van der Waals surface area contributed by atoms with Crippen molar-refractivity contribution in [3.05, 3.63) is 24.3 Å². The van der Waals surface area contributed by atoms with E-state index in [4.69, 9.17) is 5.73 Å². The fraction of sp³-hybridized carbons (Fsp3) is 0.571. The third-order valence-electron chi connectivity index (χ3n) is 3.70. The molecule has 1 aromatic carbocycles. The molecule has 88 valence electrons. The van der Waals surface area contributed by atoms with Gasteiger partial charge >= 0.3 is 0 Å². The standard InChI is InChI=1S/C14H22N2/c1-2-11-5-3-4-6-14(11)16-13-9-7-12(15)8-10-13/h7-11,14,16H,2-6,15H2,1H3. The molecule has 0 aliphatic heterocycles. The van der Waals surface area contributed by atoms with Crippen LogP contribution >= 0.6 is 0 Å². The van der Waals surface area contributed by atoms with Gasteiger partial charge in [0.15, 0.2) is 0 Å². The third kappa shape index (κ3) is 2.69. The largest absolute Gasteiger partial charge is 0.399 e. The summed E-state index contributed by atoms with van der Waals surface area (Å²) in [6, 6.07) is 8.74. The minimum Gasteiger partial charge on any atom is -0.399 e. The summed E-state index contributed by atoms with van der Waals surface area (Å²) in [5.41, 5.74) is 7.73. The molecular weight excluding hydrogens is 196 g/mol. The summed E-state index contributed by atoms with van der Waals surface area (Å²) in [5, 5.41) is 3.65. The fourth-order valence-electron chi connectivity index (χ4n) is 2.68. The highest BCUT2D eigenvalue weighted by Crippen LogP contribution is 2.29. The van der Waals surface area contributed by atoms with E-state index in [9.17, 15) is 0 Å². The predicted molar refractivity (Wildman–Crippen MR) is 70.5 cm³/mol. The zero-order chi connectivity index (χ0) is 11.4. The zero-order valence-electron chi connectivity index (χ0n) is 10.1. The van der Waals surface area contributed by atoms with Crippen LogP contribution < -0.4 is 11.1 Å². The topological polar surface area (TPSA) is 38.0 Å². The summed E-state index contributed by atoms with van der Waals surface area (Å²) in [6.07, 6.45) is 6.74. The molecule has 1 aliphatic carbocycles. The van der Waals surface area contributed by atoms with Gasteiger partial charge in [-0.05, 0) is 43.0 Å². The molecule has 0 aromatic heterocycles. The van der Waals surface area contributed by atoms with Crippen LogP contribution in [-0.4, -0.2) is 6.04 Å². The van der Waals surface area contributed by atoms with E-state index >= 15 is 0 Å². The minimum absolute atomic E-state index is 0.655. The smallest absolute Gasteiger partial charge is 0.0343 e. The number of benzene rings is 1. The lowest BCUT2D eigenvalue weighted by Gasteiger charge is -2.32. The monoisotopic (exact) mass is 218 g/mol. The Morgan fingerprint density at radius 1 is 1.19 bits per heavy atom. The number of rotatable bonds is 3. The molecule has 2 nitrogen and oxygen atoms in total. The first-order valence-electron chi connectivity index (χ1n) is 6.41. The van der Waals surface area contributed by atoms with Gasteiger partial charge < -0.3 is 11.1 Å². The third-order valence-corrected chi connectivity index (χ3v) is 3.70. The van der Waals surface area contributed by atoms with E-state index in [2.05, 4.69) is 24.4 Å². The molecule has 2 unspecified atom stereocenters. The molecule has 1 aromatic rings. The Labute approximate surface area is 98.2 Å². The summed E-state index contributed by atoms with van der Waals surface area (Å²) in [6.45, 7) is 2.30. The van der Waals surface area contributed by atoms with E-state index < -0.39 is 0 Å². The maximum atomic E-state index is 5.69. The van der Waals surface area contributed by atoms with Gasteiger partial charge in [-0.2, -0.15) is 0 Å². The van der Waals surface area contributed by atoms with Gasteiger partial charge in [0.2, 0.25) is 0 Å². The van der Waals surface area contributed by atoms with E-state index in [1.54, 1.807) is 0 Å². The highest BCUT2D eigenvalue weighted by atomic mass is 14.9. The van der Waals surface area contributed by atoms with Gasteiger partial charge in [0.05, 0.1) is 0 Å².